The molecule has 31 heavy (non-hydrogen) atoms. The molecule has 1 aliphatic heterocycles. The number of anilines is 1. The second-order valence-corrected chi connectivity index (χ2v) is 8.65. The summed E-state index contributed by atoms with van der Waals surface area (Å²) < 4.78 is 22.1. The standard InChI is InChI=1S/C22H25FN4O3S/c1-3-27-12-15(11-24-27)25-21(28)14-7-9-26(10-8-14)22(29)20-16(13-30-2)19-17(23)5-4-6-18(19)31-20/h4-6,11-12,14H,3,7-10,13H2,1-2H3,(H,25,28). The van der Waals surface area contributed by atoms with Crippen molar-refractivity contribution in [3.8, 4) is 0 Å². The second kappa shape index (κ2) is 9.15. The molecule has 2 aromatic heterocycles. The number of nitrogens with one attached hydrogen (secondary N) is 1. The van der Waals surface area contributed by atoms with Crippen LogP contribution in [0.3, 0.4) is 0 Å². The molecule has 0 bridgehead atoms. The molecule has 0 atom stereocenters. The summed E-state index contributed by atoms with van der Waals surface area (Å²) in [5.74, 6) is -0.684. The number of halogens is 1. The summed E-state index contributed by atoms with van der Waals surface area (Å²) in [7, 11) is 1.53. The minimum absolute atomic E-state index is 0.0493. The van der Waals surface area contributed by atoms with Crippen molar-refractivity contribution >= 4 is 38.9 Å². The topological polar surface area (TPSA) is 76.5 Å². The third-order valence-corrected chi connectivity index (χ3v) is 6.81. The van der Waals surface area contributed by atoms with Gasteiger partial charge in [-0.1, -0.05) is 6.07 Å². The molecule has 0 spiro atoms. The van der Waals surface area contributed by atoms with Crippen LogP contribution < -0.4 is 5.32 Å². The van der Waals surface area contributed by atoms with Crippen molar-refractivity contribution < 1.29 is 18.7 Å². The van der Waals surface area contributed by atoms with Crippen molar-refractivity contribution in [2.24, 2.45) is 5.92 Å². The van der Waals surface area contributed by atoms with E-state index in [1.165, 1.54) is 24.5 Å². The van der Waals surface area contributed by atoms with Gasteiger partial charge in [-0.25, -0.2) is 4.39 Å². The second-order valence-electron chi connectivity index (χ2n) is 7.60. The number of carbonyl (C=O) groups excluding carboxylic acids is 2. The molecule has 1 fully saturated rings. The summed E-state index contributed by atoms with van der Waals surface area (Å²) in [5.41, 5.74) is 1.28. The van der Waals surface area contributed by atoms with Crippen LogP contribution in [0.15, 0.2) is 30.6 Å². The van der Waals surface area contributed by atoms with Crippen molar-refractivity contribution in [2.45, 2.75) is 32.9 Å². The number of aromatic nitrogens is 2. The highest BCUT2D eigenvalue weighted by Gasteiger charge is 2.30. The van der Waals surface area contributed by atoms with E-state index >= 15 is 0 Å². The average Bonchev–Trinajstić information content (AvgIpc) is 3.39. The molecule has 3 heterocycles. The van der Waals surface area contributed by atoms with Crippen LogP contribution in [0.5, 0.6) is 0 Å². The predicted octanol–water partition coefficient (Wildman–Crippen LogP) is 3.89. The van der Waals surface area contributed by atoms with E-state index in [0.29, 0.717) is 47.4 Å². The van der Waals surface area contributed by atoms with E-state index in [0.717, 1.165) is 11.2 Å². The van der Waals surface area contributed by atoms with Crippen molar-refractivity contribution in [1.82, 2.24) is 14.7 Å². The Kier molecular flexibility index (Phi) is 6.33. The Morgan fingerprint density at radius 3 is 2.77 bits per heavy atom. The lowest BCUT2D eigenvalue weighted by Gasteiger charge is -2.31. The molecule has 3 aromatic rings. The highest BCUT2D eigenvalue weighted by Crippen LogP contribution is 2.35. The molecule has 1 N–H and O–H groups in total. The first-order chi connectivity index (χ1) is 15.0. The van der Waals surface area contributed by atoms with E-state index in [-0.39, 0.29) is 30.2 Å². The number of benzene rings is 1. The Morgan fingerprint density at radius 1 is 1.32 bits per heavy atom. The lowest BCUT2D eigenvalue weighted by Crippen LogP contribution is -2.41. The molecule has 1 saturated heterocycles. The number of hydrogen-bond donors (Lipinski definition) is 1. The number of ether oxygens (including phenoxy) is 1. The Bertz CT molecular complexity index is 1100. The van der Waals surface area contributed by atoms with Gasteiger partial charge in [0.25, 0.3) is 5.91 Å². The van der Waals surface area contributed by atoms with E-state index in [2.05, 4.69) is 10.4 Å². The van der Waals surface area contributed by atoms with Gasteiger partial charge in [0.15, 0.2) is 0 Å². The van der Waals surface area contributed by atoms with Crippen LogP contribution in [0.4, 0.5) is 10.1 Å². The summed E-state index contributed by atoms with van der Waals surface area (Å²) in [4.78, 5) is 28.1. The quantitative estimate of drug-likeness (QED) is 0.626. The van der Waals surface area contributed by atoms with Gasteiger partial charge in [0.1, 0.15) is 5.82 Å². The van der Waals surface area contributed by atoms with Gasteiger partial charge < -0.3 is 15.0 Å². The molecule has 164 valence electrons. The van der Waals surface area contributed by atoms with Gasteiger partial charge in [0.2, 0.25) is 5.91 Å². The fraction of sp³-hybridized carbons (Fsp3) is 0.409. The lowest BCUT2D eigenvalue weighted by atomic mass is 9.95. The van der Waals surface area contributed by atoms with Crippen LogP contribution >= 0.6 is 11.3 Å². The third-order valence-electron chi connectivity index (χ3n) is 5.62. The fourth-order valence-electron chi connectivity index (χ4n) is 3.96. The maximum atomic E-state index is 14.4. The minimum atomic E-state index is -0.346. The summed E-state index contributed by atoms with van der Waals surface area (Å²) in [6.45, 7) is 3.85. The summed E-state index contributed by atoms with van der Waals surface area (Å²) >= 11 is 1.29. The van der Waals surface area contributed by atoms with Crippen molar-refractivity contribution in [2.75, 3.05) is 25.5 Å². The van der Waals surface area contributed by atoms with Gasteiger partial charge in [-0.15, -0.1) is 11.3 Å². The van der Waals surface area contributed by atoms with Crippen LogP contribution in [0.2, 0.25) is 0 Å². The molecule has 1 aromatic carbocycles. The summed E-state index contributed by atoms with van der Waals surface area (Å²) in [5, 5.41) is 7.53. The van der Waals surface area contributed by atoms with Crippen LogP contribution in [0, 0.1) is 11.7 Å². The van der Waals surface area contributed by atoms with Gasteiger partial charge in [0.05, 0.1) is 23.4 Å². The Labute approximate surface area is 183 Å². The van der Waals surface area contributed by atoms with Crippen LogP contribution in [0.25, 0.3) is 10.1 Å². The maximum absolute atomic E-state index is 14.4. The van der Waals surface area contributed by atoms with Crippen molar-refractivity contribution in [3.05, 3.63) is 46.9 Å². The molecule has 0 saturated carbocycles. The smallest absolute Gasteiger partial charge is 0.264 e. The summed E-state index contributed by atoms with van der Waals surface area (Å²) in [6.07, 6.45) is 4.60. The van der Waals surface area contributed by atoms with Gasteiger partial charge in [-0.05, 0) is 31.9 Å². The van der Waals surface area contributed by atoms with E-state index in [9.17, 15) is 14.0 Å². The van der Waals surface area contributed by atoms with Crippen molar-refractivity contribution in [1.29, 1.82) is 0 Å². The molecule has 9 heteroatoms. The number of aryl methyl sites for hydroxylation is 1. The Hall–Kier alpha value is -2.78. The van der Waals surface area contributed by atoms with Gasteiger partial charge >= 0.3 is 0 Å². The van der Waals surface area contributed by atoms with E-state index in [1.807, 2.05) is 13.0 Å². The molecule has 2 amide bonds. The average molecular weight is 445 g/mol. The molecular formula is C22H25FN4O3S. The minimum Gasteiger partial charge on any atom is -0.380 e. The zero-order valence-electron chi connectivity index (χ0n) is 17.6. The zero-order valence-corrected chi connectivity index (χ0v) is 18.4. The monoisotopic (exact) mass is 444 g/mol. The normalized spacial score (nSPS) is 14.9. The number of carbonyl (C=O) groups is 2. The number of nitrogens with zero attached hydrogens (tertiary/aromatic N) is 3. The highest BCUT2D eigenvalue weighted by molar-refractivity contribution is 7.21. The third kappa shape index (κ3) is 4.33. The number of likely N-dealkylation sites (tertiary alicyclic amines) is 1. The zero-order chi connectivity index (χ0) is 22.0. The van der Waals surface area contributed by atoms with Crippen LogP contribution in [0.1, 0.15) is 35.0 Å². The first kappa shape index (κ1) is 21.5. The fourth-order valence-corrected chi connectivity index (χ4v) is 5.15. The predicted molar refractivity (Wildman–Crippen MR) is 118 cm³/mol. The van der Waals surface area contributed by atoms with Gasteiger partial charge in [0, 0.05) is 54.5 Å². The maximum Gasteiger partial charge on any atom is 0.264 e. The number of thiophene rings is 1. The number of methoxy groups -OCH3 is 1. The number of amides is 2. The number of fused-ring (bicyclic) bond motifs is 1. The molecule has 7 nitrogen and oxygen atoms in total. The van der Waals surface area contributed by atoms with Gasteiger partial charge in [-0.3, -0.25) is 14.3 Å². The molecule has 4 rings (SSSR count). The summed E-state index contributed by atoms with van der Waals surface area (Å²) in [6, 6.07) is 4.86. The van der Waals surface area contributed by atoms with Crippen LogP contribution in [-0.2, 0) is 22.7 Å². The van der Waals surface area contributed by atoms with Crippen molar-refractivity contribution in [3.63, 3.8) is 0 Å². The lowest BCUT2D eigenvalue weighted by molar-refractivity contribution is -0.121. The Balaban J connectivity index is 1.44. The molecule has 0 radical (unpaired) electrons. The van der Waals surface area contributed by atoms with E-state index < -0.39 is 0 Å². The first-order valence-corrected chi connectivity index (χ1v) is 11.1. The molecule has 1 aliphatic rings. The molecule has 0 unspecified atom stereocenters. The van der Waals surface area contributed by atoms with E-state index in [4.69, 9.17) is 4.74 Å². The number of hydrogen-bond acceptors (Lipinski definition) is 5. The highest BCUT2D eigenvalue weighted by atomic mass is 32.1. The SMILES string of the molecule is CCn1cc(NC(=O)C2CCN(C(=O)c3sc4cccc(F)c4c3COC)CC2)cn1. The number of rotatable bonds is 6. The first-order valence-electron chi connectivity index (χ1n) is 10.3. The molecule has 0 aliphatic carbocycles. The molecular weight excluding hydrogens is 419 g/mol. The largest absolute Gasteiger partial charge is 0.380 e. The van der Waals surface area contributed by atoms with Crippen LogP contribution in [-0.4, -0.2) is 46.7 Å². The van der Waals surface area contributed by atoms with Gasteiger partial charge in [-0.2, -0.15) is 5.10 Å². The Morgan fingerprint density at radius 2 is 2.10 bits per heavy atom. The van der Waals surface area contributed by atoms with E-state index in [1.54, 1.807) is 28.0 Å². The number of piperidine rings is 1.